The van der Waals surface area contributed by atoms with Gasteiger partial charge in [0, 0.05) is 23.9 Å². The van der Waals surface area contributed by atoms with Gasteiger partial charge in [0.15, 0.2) is 11.6 Å². The number of Topliss-reactive ketones (excluding diaryl/α,β-unsaturated/α-hetero) is 2. The van der Waals surface area contributed by atoms with E-state index in [0.29, 0.717) is 24.5 Å². The van der Waals surface area contributed by atoms with E-state index in [0.717, 1.165) is 0 Å². The third kappa shape index (κ3) is 1.44. The summed E-state index contributed by atoms with van der Waals surface area (Å²) in [7, 11) is 0. The maximum absolute atomic E-state index is 12.1. The first-order chi connectivity index (χ1) is 7.26. The Kier molecular flexibility index (Phi) is 2.16. The molecule has 0 unspecified atom stereocenters. The van der Waals surface area contributed by atoms with Crippen LogP contribution in [0.25, 0.3) is 0 Å². The van der Waals surface area contributed by atoms with Crippen molar-refractivity contribution in [2.24, 2.45) is 10.8 Å². The van der Waals surface area contributed by atoms with E-state index in [1.165, 1.54) is 0 Å². The Morgan fingerprint density at radius 1 is 0.812 bits per heavy atom. The zero-order chi connectivity index (χ0) is 12.1. The number of ketones is 2. The van der Waals surface area contributed by atoms with E-state index in [4.69, 9.17) is 0 Å². The monoisotopic (exact) mass is 222 g/mol. The molecule has 0 aromatic carbocycles. The summed E-state index contributed by atoms with van der Waals surface area (Å²) in [6.07, 6.45) is 0. The van der Waals surface area contributed by atoms with Crippen LogP contribution in [0.3, 0.4) is 0 Å². The van der Waals surface area contributed by atoms with Crippen LogP contribution in [0, 0.1) is 10.8 Å². The molecule has 2 aliphatic rings. The molecule has 2 saturated heterocycles. The molecule has 4 heteroatoms. The predicted molar refractivity (Wildman–Crippen MR) is 60.6 cm³/mol. The lowest BCUT2D eigenvalue weighted by atomic mass is 9.87. The van der Waals surface area contributed by atoms with Gasteiger partial charge in [-0.2, -0.15) is 0 Å². The largest absolute Gasteiger partial charge is 0.379 e. The van der Waals surface area contributed by atoms with E-state index in [9.17, 15) is 9.59 Å². The lowest BCUT2D eigenvalue weighted by molar-refractivity contribution is -0.123. The summed E-state index contributed by atoms with van der Waals surface area (Å²) in [5.74, 6) is 0.0575. The standard InChI is InChI=1S/C12H18N2O2/c1-11(2)5-13-7(9(11)15)8-10(16)12(3,4)6-14-8/h13-14H,5-6H2,1-4H3/b8-7+. The smallest absolute Gasteiger partial charge is 0.188 e. The molecule has 2 N–H and O–H groups in total. The fourth-order valence-electron chi connectivity index (χ4n) is 2.02. The van der Waals surface area contributed by atoms with Gasteiger partial charge in [0.25, 0.3) is 0 Å². The molecule has 0 radical (unpaired) electrons. The Bertz CT molecular complexity index is 367. The summed E-state index contributed by atoms with van der Waals surface area (Å²) in [4.78, 5) is 24.1. The van der Waals surface area contributed by atoms with Crippen LogP contribution >= 0.6 is 0 Å². The van der Waals surface area contributed by atoms with Gasteiger partial charge in [-0.15, -0.1) is 0 Å². The zero-order valence-corrected chi connectivity index (χ0v) is 10.2. The molecule has 2 heterocycles. The van der Waals surface area contributed by atoms with Crippen molar-refractivity contribution in [3.63, 3.8) is 0 Å². The summed E-state index contributed by atoms with van der Waals surface area (Å²) < 4.78 is 0. The zero-order valence-electron chi connectivity index (χ0n) is 10.2. The van der Waals surface area contributed by atoms with E-state index in [1.807, 2.05) is 27.7 Å². The molecular weight excluding hydrogens is 204 g/mol. The molecule has 0 bridgehead atoms. The molecule has 0 atom stereocenters. The molecule has 2 fully saturated rings. The normalized spacial score (nSPS) is 31.5. The lowest BCUT2D eigenvalue weighted by Crippen LogP contribution is -2.23. The van der Waals surface area contributed by atoms with Crippen LogP contribution in [0.4, 0.5) is 0 Å². The molecular formula is C12H18N2O2. The Labute approximate surface area is 95.5 Å². The van der Waals surface area contributed by atoms with Gasteiger partial charge in [-0.1, -0.05) is 27.7 Å². The van der Waals surface area contributed by atoms with Gasteiger partial charge in [0.2, 0.25) is 0 Å². The van der Waals surface area contributed by atoms with Crippen molar-refractivity contribution in [2.75, 3.05) is 13.1 Å². The van der Waals surface area contributed by atoms with Gasteiger partial charge in [-0.3, -0.25) is 9.59 Å². The van der Waals surface area contributed by atoms with E-state index in [2.05, 4.69) is 10.6 Å². The summed E-state index contributed by atoms with van der Waals surface area (Å²) in [6, 6.07) is 0. The van der Waals surface area contributed by atoms with E-state index < -0.39 is 10.8 Å². The van der Waals surface area contributed by atoms with Crippen molar-refractivity contribution < 1.29 is 9.59 Å². The van der Waals surface area contributed by atoms with Gasteiger partial charge in [0.1, 0.15) is 11.4 Å². The number of hydrogen-bond donors (Lipinski definition) is 2. The molecule has 0 aliphatic carbocycles. The van der Waals surface area contributed by atoms with Crippen LogP contribution in [-0.2, 0) is 9.59 Å². The number of nitrogens with one attached hydrogen (secondary N) is 2. The van der Waals surface area contributed by atoms with E-state index in [1.54, 1.807) is 0 Å². The minimum absolute atomic E-state index is 0.0288. The van der Waals surface area contributed by atoms with Gasteiger partial charge >= 0.3 is 0 Å². The highest BCUT2D eigenvalue weighted by atomic mass is 16.1. The molecule has 0 saturated carbocycles. The van der Waals surface area contributed by atoms with Crippen molar-refractivity contribution in [2.45, 2.75) is 27.7 Å². The third-order valence-electron chi connectivity index (χ3n) is 3.35. The fraction of sp³-hybridized carbons (Fsp3) is 0.667. The van der Waals surface area contributed by atoms with Crippen molar-refractivity contribution in [3.05, 3.63) is 11.4 Å². The first kappa shape index (κ1) is 11.2. The first-order valence-electron chi connectivity index (χ1n) is 5.57. The molecule has 0 aromatic rings. The summed E-state index contributed by atoms with van der Waals surface area (Å²) in [5.41, 5.74) is 0.134. The molecule has 0 aromatic heterocycles. The number of allylic oxidation sites excluding steroid dienone is 2. The Balaban J connectivity index is 2.40. The maximum atomic E-state index is 12.1. The number of carbonyl (C=O) groups excluding carboxylic acids is 2. The Morgan fingerprint density at radius 2 is 1.12 bits per heavy atom. The summed E-state index contributed by atoms with van der Waals surface area (Å²) >= 11 is 0. The highest BCUT2D eigenvalue weighted by Crippen LogP contribution is 2.32. The highest BCUT2D eigenvalue weighted by molar-refractivity contribution is 6.11. The minimum Gasteiger partial charge on any atom is -0.379 e. The molecule has 2 rings (SSSR count). The summed E-state index contributed by atoms with van der Waals surface area (Å²) in [5, 5.41) is 6.11. The third-order valence-corrected chi connectivity index (χ3v) is 3.35. The van der Waals surface area contributed by atoms with Gasteiger partial charge in [-0.25, -0.2) is 0 Å². The second-order valence-corrected chi connectivity index (χ2v) is 5.88. The summed E-state index contributed by atoms with van der Waals surface area (Å²) in [6.45, 7) is 8.75. The molecule has 88 valence electrons. The molecule has 0 spiro atoms. The van der Waals surface area contributed by atoms with Crippen LogP contribution in [0.1, 0.15) is 27.7 Å². The van der Waals surface area contributed by atoms with E-state index in [-0.39, 0.29) is 11.6 Å². The van der Waals surface area contributed by atoms with Gasteiger partial charge < -0.3 is 10.6 Å². The predicted octanol–water partition coefficient (Wildman–Crippen LogP) is 0.595. The number of rotatable bonds is 0. The average Bonchev–Trinajstić information content (AvgIpc) is 2.57. The SMILES string of the molecule is CC1(C)CN/C(=C2/NCC(C)(C)C2=O)C1=O. The first-order valence-corrected chi connectivity index (χ1v) is 5.57. The Morgan fingerprint density at radius 3 is 1.31 bits per heavy atom. The molecule has 0 amide bonds. The topological polar surface area (TPSA) is 58.2 Å². The van der Waals surface area contributed by atoms with Gasteiger partial charge in [-0.05, 0) is 0 Å². The second-order valence-electron chi connectivity index (χ2n) is 5.88. The second kappa shape index (κ2) is 3.09. The molecule has 16 heavy (non-hydrogen) atoms. The van der Waals surface area contributed by atoms with Gasteiger partial charge in [0.05, 0.1) is 0 Å². The van der Waals surface area contributed by atoms with Crippen molar-refractivity contribution in [1.29, 1.82) is 0 Å². The van der Waals surface area contributed by atoms with Crippen molar-refractivity contribution >= 4 is 11.6 Å². The molecule has 4 nitrogen and oxygen atoms in total. The van der Waals surface area contributed by atoms with E-state index >= 15 is 0 Å². The number of carbonyl (C=O) groups is 2. The quantitative estimate of drug-likeness (QED) is 0.589. The van der Waals surface area contributed by atoms with Crippen LogP contribution < -0.4 is 10.6 Å². The Hall–Kier alpha value is -1.32. The van der Waals surface area contributed by atoms with Crippen LogP contribution in [-0.4, -0.2) is 24.7 Å². The van der Waals surface area contributed by atoms with Crippen LogP contribution in [0.15, 0.2) is 11.4 Å². The van der Waals surface area contributed by atoms with Crippen LogP contribution in [0.5, 0.6) is 0 Å². The fourth-order valence-corrected chi connectivity index (χ4v) is 2.02. The minimum atomic E-state index is -0.406. The van der Waals surface area contributed by atoms with Crippen molar-refractivity contribution in [3.8, 4) is 0 Å². The average molecular weight is 222 g/mol. The number of hydrogen-bond acceptors (Lipinski definition) is 4. The lowest BCUT2D eigenvalue weighted by Gasteiger charge is -2.12. The highest BCUT2D eigenvalue weighted by Gasteiger charge is 2.44. The van der Waals surface area contributed by atoms with Crippen LogP contribution in [0.2, 0.25) is 0 Å². The van der Waals surface area contributed by atoms with Crippen molar-refractivity contribution in [1.82, 2.24) is 10.6 Å². The molecule has 2 aliphatic heterocycles. The maximum Gasteiger partial charge on any atom is 0.188 e.